The van der Waals surface area contributed by atoms with Gasteiger partial charge in [0.25, 0.3) is 0 Å². The van der Waals surface area contributed by atoms with Crippen LogP contribution >= 0.6 is 34.5 Å². The number of carbonyl (C=O) groups excluding carboxylic acids is 6. The Morgan fingerprint density at radius 3 is 1.06 bits per heavy atom. The monoisotopic (exact) mass is 2000 g/mol. The normalized spacial score (nSPS) is 10.4. The van der Waals surface area contributed by atoms with Crippen LogP contribution in [0.25, 0.3) is 0 Å². The number of pyridine rings is 5. The minimum absolute atomic E-state index is 0. The van der Waals surface area contributed by atoms with E-state index < -0.39 is 34.9 Å². The van der Waals surface area contributed by atoms with Crippen molar-refractivity contribution in [3.05, 3.63) is 453 Å². The topological polar surface area (TPSA) is 384 Å². The summed E-state index contributed by atoms with van der Waals surface area (Å²) in [4.78, 5) is 148. The van der Waals surface area contributed by atoms with E-state index in [0.717, 1.165) is 62.8 Å². The van der Waals surface area contributed by atoms with E-state index in [1.54, 1.807) is 85.6 Å². The summed E-state index contributed by atoms with van der Waals surface area (Å²) in [6.45, 7) is 7.69. The lowest BCUT2D eigenvalue weighted by Crippen LogP contribution is -2.12. The predicted octanol–water partition coefficient (Wildman–Crippen LogP) is 22.4. The summed E-state index contributed by atoms with van der Waals surface area (Å²) in [7, 11) is 1.87. The molecule has 18 rings (SSSR count). The molecule has 0 bridgehead atoms. The standard InChI is InChI=1S/C19H16ClN3O2.2C18H14FN3O2.C17H11F2N3O2.C17H12FN3O2.C16H13ClN4OS.CH4/c1-12-3-4-16(23-13(12)2)8-19(24)14-5-15(20)7-17(6-14)25-18-9-21-11-22-10-18;1-12-2-3-22-15(4-12)8-18(23)13-5-14(19)7-16(6-13)24-17-9-20-11-21-10-17;1-12-3-2-4-15(22-12)8-18(23)13-5-14(19)7-16(6-13)24-17-9-20-11-21-10-17;18-12-1-2-22-14(5-12)7-17(23)11-3-13(19)6-15(4-11)24-16-8-20-10-21-9-16;18-13-5-12(17(22)8-14-3-1-2-4-21-14)6-15(7-13)23-16-9-19-11-20-10-16;1-21(14-8-18-10-19-9-14)13-5-11(4-12(17)6-13)15(22)7-16-20-2-3-23-16;/h3-7,9-11H,8H2,1-2H3;2*2-7,9-11H,8H2,1H3;1-6,8-10H,7H2;1-7,9-11H,8H2;2-6,8-10H,7H2,1H3;1H4. The molecule has 0 saturated heterocycles. The molecule has 0 amide bonds. The number of aromatic nitrogens is 18. The maximum Gasteiger partial charge on any atom is 0.169 e. The Bertz CT molecular complexity index is 7060. The minimum Gasteiger partial charge on any atom is -0.454 e. The first-order valence-corrected chi connectivity index (χ1v) is 44.6. The maximum absolute atomic E-state index is 13.8. The highest BCUT2D eigenvalue weighted by Gasteiger charge is 2.21. The second-order valence-corrected chi connectivity index (χ2v) is 32.6. The first-order valence-electron chi connectivity index (χ1n) is 43.0. The molecule has 0 N–H and O–H groups in total. The number of anilines is 2. The summed E-state index contributed by atoms with van der Waals surface area (Å²) in [5.41, 5.74) is 10.2. The van der Waals surface area contributed by atoms with E-state index in [-0.39, 0.29) is 126 Å². The van der Waals surface area contributed by atoms with Crippen LogP contribution in [0.3, 0.4) is 0 Å². The number of benzene rings is 6. The van der Waals surface area contributed by atoms with Crippen LogP contribution < -0.4 is 28.6 Å². The maximum atomic E-state index is 13.8. The van der Waals surface area contributed by atoms with Gasteiger partial charge in [0.15, 0.2) is 63.4 Å². The van der Waals surface area contributed by atoms with Crippen LogP contribution in [0.1, 0.15) is 126 Å². The van der Waals surface area contributed by atoms with Crippen LogP contribution in [-0.2, 0) is 38.5 Å². The van der Waals surface area contributed by atoms with Crippen molar-refractivity contribution in [1.82, 2.24) is 89.7 Å². The third kappa shape index (κ3) is 33.8. The largest absolute Gasteiger partial charge is 0.454 e. The van der Waals surface area contributed by atoms with Gasteiger partial charge in [-0.3, -0.25) is 53.7 Å². The molecule has 0 aliphatic rings. The van der Waals surface area contributed by atoms with Crippen molar-refractivity contribution in [2.45, 2.75) is 73.6 Å². The summed E-state index contributed by atoms with van der Waals surface area (Å²) in [6, 6.07) is 46.1. The number of thiazole rings is 1. The van der Waals surface area contributed by atoms with Gasteiger partial charge in [0.05, 0.1) is 124 Å². The van der Waals surface area contributed by atoms with Crippen LogP contribution in [-0.4, -0.2) is 131 Å². The number of nitrogens with zero attached hydrogens (tertiary/aromatic N) is 19. The number of hydrogen-bond donors (Lipinski definition) is 0. The molecule has 6 aromatic carbocycles. The molecule has 0 radical (unpaired) electrons. The molecule has 12 heterocycles. The fourth-order valence-corrected chi connectivity index (χ4v) is 14.0. The van der Waals surface area contributed by atoms with Crippen molar-refractivity contribution in [2.24, 2.45) is 0 Å². The average Bonchev–Trinajstić information content (AvgIpc) is 1.04. The Balaban J connectivity index is 0.000000154. The molecule has 38 heteroatoms. The predicted molar refractivity (Wildman–Crippen MR) is 526 cm³/mol. The van der Waals surface area contributed by atoms with Gasteiger partial charge in [-0.2, -0.15) is 0 Å². The molecular formula is C106H84Cl2F5N19O11S. The SMILES string of the molecule is C.CN(c1cncnc1)c1cc(Cl)cc(C(=O)Cc2nccs2)c1.Cc1ccc(CC(=O)c2cc(Cl)cc(Oc3cncnc3)c2)nc1C.Cc1cccc(CC(=O)c2cc(F)cc(Oc3cncnc3)c2)n1.Cc1ccnc(CC(=O)c2cc(F)cc(Oc3cncnc3)c2)c1.O=C(Cc1cc(F)ccn1)c1cc(F)cc(Oc2cncnc2)c1.O=C(Cc1ccccn1)c1cc(F)cc(Oc2cncnc2)c1. The van der Waals surface area contributed by atoms with E-state index in [9.17, 15) is 50.7 Å². The van der Waals surface area contributed by atoms with Gasteiger partial charge in [0.2, 0.25) is 0 Å². The molecule has 724 valence electrons. The molecule has 30 nitrogen and oxygen atoms in total. The van der Waals surface area contributed by atoms with Gasteiger partial charge in [-0.25, -0.2) is 86.7 Å². The zero-order valence-electron chi connectivity index (χ0n) is 76.4. The molecule has 144 heavy (non-hydrogen) atoms. The number of ether oxygens (including phenoxy) is 5. The second-order valence-electron chi connectivity index (χ2n) is 30.7. The Morgan fingerprint density at radius 2 is 0.667 bits per heavy atom. The molecular weight excluding hydrogens is 1910 g/mol. The van der Waals surface area contributed by atoms with E-state index in [4.69, 9.17) is 46.9 Å². The van der Waals surface area contributed by atoms with Gasteiger partial charge in [0.1, 0.15) is 101 Å². The Kier molecular flexibility index (Phi) is 38.6. The molecule has 0 saturated carbocycles. The number of halogens is 7. The summed E-state index contributed by atoms with van der Waals surface area (Å²) >= 11 is 13.8. The van der Waals surface area contributed by atoms with Gasteiger partial charge < -0.3 is 28.6 Å². The van der Waals surface area contributed by atoms with Gasteiger partial charge in [-0.1, -0.05) is 48.8 Å². The van der Waals surface area contributed by atoms with Crippen molar-refractivity contribution in [3.8, 4) is 57.5 Å². The van der Waals surface area contributed by atoms with Crippen LogP contribution in [0.15, 0.2) is 324 Å². The Hall–Kier alpha value is -17.8. The van der Waals surface area contributed by atoms with Crippen LogP contribution in [0.4, 0.5) is 33.3 Å². The van der Waals surface area contributed by atoms with Crippen molar-refractivity contribution in [2.75, 3.05) is 11.9 Å². The molecule has 0 spiro atoms. The van der Waals surface area contributed by atoms with E-state index in [2.05, 4.69) is 89.7 Å². The number of carbonyl (C=O) groups is 6. The molecule has 0 aliphatic carbocycles. The zero-order valence-corrected chi connectivity index (χ0v) is 78.7. The second kappa shape index (κ2) is 52.9. The highest BCUT2D eigenvalue weighted by molar-refractivity contribution is 7.09. The lowest BCUT2D eigenvalue weighted by atomic mass is 10.0. The summed E-state index contributed by atoms with van der Waals surface area (Å²) < 4.78 is 95.8. The zero-order chi connectivity index (χ0) is 101. The average molecular weight is 2000 g/mol. The Morgan fingerprint density at radius 1 is 0.306 bits per heavy atom. The fourth-order valence-electron chi connectivity index (χ4n) is 13.0. The summed E-state index contributed by atoms with van der Waals surface area (Å²) in [6.07, 6.45) is 33.2. The molecule has 18 aromatic rings. The van der Waals surface area contributed by atoms with E-state index in [1.165, 1.54) is 184 Å². The van der Waals surface area contributed by atoms with Gasteiger partial charge >= 0.3 is 0 Å². The number of ketones is 6. The minimum atomic E-state index is -0.625. The van der Waals surface area contributed by atoms with Crippen molar-refractivity contribution in [1.29, 1.82) is 0 Å². The lowest BCUT2D eigenvalue weighted by Gasteiger charge is -2.19. The third-order valence-corrected chi connectivity index (χ3v) is 20.9. The van der Waals surface area contributed by atoms with Gasteiger partial charge in [-0.05, 0) is 178 Å². The van der Waals surface area contributed by atoms with Crippen LogP contribution in [0.2, 0.25) is 10.0 Å². The van der Waals surface area contributed by atoms with Crippen molar-refractivity contribution >= 4 is 80.6 Å². The first kappa shape index (κ1) is 105. The van der Waals surface area contributed by atoms with E-state index in [0.29, 0.717) is 72.8 Å². The van der Waals surface area contributed by atoms with Crippen LogP contribution in [0, 0.1) is 56.8 Å². The molecule has 12 aromatic heterocycles. The highest BCUT2D eigenvalue weighted by Crippen LogP contribution is 2.33. The van der Waals surface area contributed by atoms with E-state index >= 15 is 0 Å². The third-order valence-electron chi connectivity index (χ3n) is 19.7. The molecule has 0 aliphatic heterocycles. The van der Waals surface area contributed by atoms with Crippen molar-refractivity contribution in [3.63, 3.8) is 0 Å². The van der Waals surface area contributed by atoms with Gasteiger partial charge in [-0.15, -0.1) is 11.3 Å². The molecule has 0 fully saturated rings. The summed E-state index contributed by atoms with van der Waals surface area (Å²) in [5.74, 6) is -0.855. The number of hydrogen-bond acceptors (Lipinski definition) is 31. The fraction of sp³-hybridized carbons (Fsp3) is 0.113. The Labute approximate surface area is 835 Å². The highest BCUT2D eigenvalue weighted by atomic mass is 35.5. The first-order chi connectivity index (χ1) is 69.1. The molecule has 0 unspecified atom stereocenters. The number of aryl methyl sites for hydroxylation is 4. The number of Topliss-reactive ketones (excluding diaryl/α,β-unsaturated/α-hetero) is 6. The van der Waals surface area contributed by atoms with E-state index in [1.807, 2.05) is 87.5 Å². The number of rotatable bonds is 30. The summed E-state index contributed by atoms with van der Waals surface area (Å²) in [5, 5.41) is 3.58. The quantitative estimate of drug-likeness (QED) is 0.0298. The smallest absolute Gasteiger partial charge is 0.169 e. The molecule has 0 atom stereocenters. The van der Waals surface area contributed by atoms with Crippen molar-refractivity contribution < 1.29 is 74.4 Å². The lowest BCUT2D eigenvalue weighted by molar-refractivity contribution is 0.0983. The van der Waals surface area contributed by atoms with Gasteiger partial charge in [0, 0.05) is 145 Å². The van der Waals surface area contributed by atoms with Crippen LogP contribution in [0.5, 0.6) is 57.5 Å².